The van der Waals surface area contributed by atoms with Crippen molar-refractivity contribution in [3.8, 4) is 0 Å². The van der Waals surface area contributed by atoms with Gasteiger partial charge < -0.3 is 4.74 Å². The fourth-order valence-electron chi connectivity index (χ4n) is 1.57. The third-order valence-electron chi connectivity index (χ3n) is 2.51. The van der Waals surface area contributed by atoms with Crippen LogP contribution in [0.4, 0.5) is 0 Å². The van der Waals surface area contributed by atoms with Crippen LogP contribution < -0.4 is 0 Å². The molecule has 0 aliphatic carbocycles. The second-order valence-corrected chi connectivity index (χ2v) is 4.17. The maximum absolute atomic E-state index is 11.3. The van der Waals surface area contributed by atoms with E-state index in [0.29, 0.717) is 10.6 Å². The molecule has 0 heterocycles. The molecule has 0 atom stereocenters. The van der Waals surface area contributed by atoms with Crippen LogP contribution in [0.1, 0.15) is 42.1 Å². The highest BCUT2D eigenvalue weighted by Crippen LogP contribution is 2.20. The molecular formula is C13H17ClO2. The molecule has 0 bridgehead atoms. The molecule has 16 heavy (non-hydrogen) atoms. The molecule has 3 heteroatoms. The first-order valence-corrected chi connectivity index (χ1v) is 5.93. The lowest BCUT2D eigenvalue weighted by molar-refractivity contribution is 0.0601. The van der Waals surface area contributed by atoms with Gasteiger partial charge in [0.15, 0.2) is 0 Å². The van der Waals surface area contributed by atoms with Gasteiger partial charge in [-0.2, -0.15) is 0 Å². The predicted octanol–water partition coefficient (Wildman–Crippen LogP) is 3.86. The number of rotatable bonds is 5. The zero-order chi connectivity index (χ0) is 12.0. The van der Waals surface area contributed by atoms with Crippen LogP contribution in [-0.2, 0) is 11.2 Å². The van der Waals surface area contributed by atoms with Crippen molar-refractivity contribution in [1.29, 1.82) is 0 Å². The summed E-state index contributed by atoms with van der Waals surface area (Å²) < 4.78 is 4.63. The third-order valence-corrected chi connectivity index (χ3v) is 2.82. The molecule has 1 aromatic rings. The predicted molar refractivity (Wildman–Crippen MR) is 66.0 cm³/mol. The molecular weight excluding hydrogens is 224 g/mol. The van der Waals surface area contributed by atoms with Crippen molar-refractivity contribution in [2.45, 2.75) is 32.6 Å². The quantitative estimate of drug-likeness (QED) is 0.577. The Morgan fingerprint density at radius 1 is 1.38 bits per heavy atom. The molecule has 0 radical (unpaired) electrons. The fourth-order valence-corrected chi connectivity index (χ4v) is 1.85. The van der Waals surface area contributed by atoms with Crippen molar-refractivity contribution in [3.63, 3.8) is 0 Å². The molecule has 1 aromatic carbocycles. The Morgan fingerprint density at radius 2 is 2.12 bits per heavy atom. The number of halogens is 1. The summed E-state index contributed by atoms with van der Waals surface area (Å²) in [5, 5.41) is 0.473. The van der Waals surface area contributed by atoms with Gasteiger partial charge in [-0.15, -0.1) is 0 Å². The number of hydrogen-bond acceptors (Lipinski definition) is 2. The standard InChI is InChI=1S/C13H17ClO2/c1-3-4-5-6-10-7-8-11(12(14)9-10)13(15)16-2/h7-9H,3-6H2,1-2H3. The summed E-state index contributed by atoms with van der Waals surface area (Å²) in [5.41, 5.74) is 1.61. The van der Waals surface area contributed by atoms with Crippen LogP contribution in [0.5, 0.6) is 0 Å². The highest BCUT2D eigenvalue weighted by molar-refractivity contribution is 6.33. The highest BCUT2D eigenvalue weighted by atomic mass is 35.5. The molecule has 0 aliphatic rings. The van der Waals surface area contributed by atoms with Crippen molar-refractivity contribution in [1.82, 2.24) is 0 Å². The number of hydrogen-bond donors (Lipinski definition) is 0. The second-order valence-electron chi connectivity index (χ2n) is 3.76. The van der Waals surface area contributed by atoms with E-state index in [1.165, 1.54) is 25.5 Å². The number of unbranched alkanes of at least 4 members (excludes halogenated alkanes) is 2. The maximum atomic E-state index is 11.3. The highest BCUT2D eigenvalue weighted by Gasteiger charge is 2.10. The Balaban J connectivity index is 2.71. The Hall–Kier alpha value is -1.02. The van der Waals surface area contributed by atoms with E-state index < -0.39 is 0 Å². The average molecular weight is 241 g/mol. The Kier molecular flexibility index (Phi) is 5.33. The number of carbonyl (C=O) groups is 1. The van der Waals surface area contributed by atoms with Crippen LogP contribution in [0.3, 0.4) is 0 Å². The Bertz CT molecular complexity index is 361. The smallest absolute Gasteiger partial charge is 0.339 e. The summed E-state index contributed by atoms with van der Waals surface area (Å²) in [7, 11) is 1.35. The number of methoxy groups -OCH3 is 1. The number of aryl methyl sites for hydroxylation is 1. The Morgan fingerprint density at radius 3 is 2.69 bits per heavy atom. The van der Waals surface area contributed by atoms with Gasteiger partial charge >= 0.3 is 5.97 Å². The van der Waals surface area contributed by atoms with Crippen molar-refractivity contribution in [2.24, 2.45) is 0 Å². The van der Waals surface area contributed by atoms with E-state index in [-0.39, 0.29) is 5.97 Å². The van der Waals surface area contributed by atoms with Crippen LogP contribution in [0.25, 0.3) is 0 Å². The molecule has 1 rings (SSSR count). The lowest BCUT2D eigenvalue weighted by atomic mass is 10.1. The molecule has 88 valence electrons. The second kappa shape index (κ2) is 6.54. The first kappa shape index (κ1) is 13.0. The minimum Gasteiger partial charge on any atom is -0.465 e. The van der Waals surface area contributed by atoms with Crippen molar-refractivity contribution < 1.29 is 9.53 Å². The summed E-state index contributed by atoms with van der Waals surface area (Å²) in [6, 6.07) is 5.52. The average Bonchev–Trinajstić information content (AvgIpc) is 2.29. The first-order valence-electron chi connectivity index (χ1n) is 5.55. The number of esters is 1. The number of ether oxygens (including phenoxy) is 1. The van der Waals surface area contributed by atoms with Gasteiger partial charge in [0.1, 0.15) is 0 Å². The lowest BCUT2D eigenvalue weighted by Gasteiger charge is -2.05. The topological polar surface area (TPSA) is 26.3 Å². The van der Waals surface area contributed by atoms with E-state index >= 15 is 0 Å². The molecule has 2 nitrogen and oxygen atoms in total. The first-order chi connectivity index (χ1) is 7.69. The van der Waals surface area contributed by atoms with Gasteiger partial charge in [0.05, 0.1) is 17.7 Å². The summed E-state index contributed by atoms with van der Waals surface area (Å²) in [6.07, 6.45) is 4.59. The normalized spacial score (nSPS) is 10.2. The van der Waals surface area contributed by atoms with Crippen LogP contribution in [0.2, 0.25) is 5.02 Å². The van der Waals surface area contributed by atoms with Gasteiger partial charge in [-0.05, 0) is 30.5 Å². The van der Waals surface area contributed by atoms with E-state index in [4.69, 9.17) is 11.6 Å². The molecule has 0 amide bonds. The van der Waals surface area contributed by atoms with E-state index in [2.05, 4.69) is 11.7 Å². The molecule has 0 spiro atoms. The van der Waals surface area contributed by atoms with Crippen molar-refractivity contribution in [3.05, 3.63) is 34.3 Å². The molecule has 0 aliphatic heterocycles. The van der Waals surface area contributed by atoms with E-state index in [1.807, 2.05) is 12.1 Å². The number of benzene rings is 1. The maximum Gasteiger partial charge on any atom is 0.339 e. The van der Waals surface area contributed by atoms with E-state index in [0.717, 1.165) is 12.8 Å². The largest absolute Gasteiger partial charge is 0.465 e. The summed E-state index contributed by atoms with van der Waals surface area (Å²) in [4.78, 5) is 11.3. The lowest BCUT2D eigenvalue weighted by Crippen LogP contribution is -2.02. The molecule has 0 saturated heterocycles. The molecule has 0 unspecified atom stereocenters. The molecule has 0 saturated carbocycles. The summed E-state index contributed by atoms with van der Waals surface area (Å²) in [6.45, 7) is 2.17. The van der Waals surface area contributed by atoms with Crippen LogP contribution in [-0.4, -0.2) is 13.1 Å². The fraction of sp³-hybridized carbons (Fsp3) is 0.462. The van der Waals surface area contributed by atoms with Crippen molar-refractivity contribution in [2.75, 3.05) is 7.11 Å². The SMILES string of the molecule is CCCCCc1ccc(C(=O)OC)c(Cl)c1. The van der Waals surface area contributed by atoms with Gasteiger partial charge in [0.25, 0.3) is 0 Å². The minimum atomic E-state index is -0.384. The van der Waals surface area contributed by atoms with Crippen LogP contribution in [0.15, 0.2) is 18.2 Å². The molecule has 0 aromatic heterocycles. The van der Waals surface area contributed by atoms with E-state index in [1.54, 1.807) is 6.07 Å². The Labute approximate surface area is 102 Å². The molecule has 0 fully saturated rings. The zero-order valence-electron chi connectivity index (χ0n) is 9.75. The van der Waals surface area contributed by atoms with Gasteiger partial charge in [0.2, 0.25) is 0 Å². The van der Waals surface area contributed by atoms with Gasteiger partial charge in [-0.1, -0.05) is 37.4 Å². The third kappa shape index (κ3) is 3.53. The van der Waals surface area contributed by atoms with Crippen LogP contribution in [0, 0.1) is 0 Å². The monoisotopic (exact) mass is 240 g/mol. The van der Waals surface area contributed by atoms with Crippen LogP contribution >= 0.6 is 11.6 Å². The van der Waals surface area contributed by atoms with Gasteiger partial charge in [0, 0.05) is 0 Å². The van der Waals surface area contributed by atoms with E-state index in [9.17, 15) is 4.79 Å². The van der Waals surface area contributed by atoms with Crippen molar-refractivity contribution >= 4 is 17.6 Å². The molecule has 0 N–H and O–H groups in total. The minimum absolute atomic E-state index is 0.384. The van der Waals surface area contributed by atoms with Gasteiger partial charge in [-0.3, -0.25) is 0 Å². The van der Waals surface area contributed by atoms with Gasteiger partial charge in [-0.25, -0.2) is 4.79 Å². The zero-order valence-corrected chi connectivity index (χ0v) is 10.5. The number of carbonyl (C=O) groups excluding carboxylic acids is 1. The summed E-state index contributed by atoms with van der Waals surface area (Å²) >= 11 is 6.01. The summed E-state index contributed by atoms with van der Waals surface area (Å²) in [5.74, 6) is -0.384.